The molecule has 5 nitrogen and oxygen atoms in total. The Hall–Kier alpha value is -2.85. The van der Waals surface area contributed by atoms with E-state index in [0.717, 1.165) is 0 Å². The van der Waals surface area contributed by atoms with Crippen molar-refractivity contribution < 1.29 is 36.6 Å². The Morgan fingerprint density at radius 2 is 1.81 bits per heavy atom. The molecular weight excluding hydrogens is 474 g/mol. The number of ether oxygens (including phenoxy) is 2. The van der Waals surface area contributed by atoms with Crippen LogP contribution in [0.2, 0.25) is 0 Å². The van der Waals surface area contributed by atoms with Gasteiger partial charge in [0.2, 0.25) is 0 Å². The van der Waals surface area contributed by atoms with Crippen molar-refractivity contribution in [3.63, 3.8) is 0 Å². The Morgan fingerprint density at radius 1 is 1.12 bits per heavy atom. The molecule has 168 valence electrons. The molecule has 0 bridgehead atoms. The lowest BCUT2D eigenvalue weighted by Crippen LogP contribution is -2.16. The maximum absolute atomic E-state index is 14.5. The lowest BCUT2D eigenvalue weighted by Gasteiger charge is -2.17. The second-order valence-corrected chi connectivity index (χ2v) is 8.14. The lowest BCUT2D eigenvalue weighted by atomic mass is 10.1. The third kappa shape index (κ3) is 4.81. The van der Waals surface area contributed by atoms with Crippen molar-refractivity contribution >= 4 is 46.2 Å². The lowest BCUT2D eigenvalue weighted by molar-refractivity contribution is 0.0515. The van der Waals surface area contributed by atoms with Gasteiger partial charge in [0.25, 0.3) is 0 Å². The minimum absolute atomic E-state index is 0.0588. The fraction of sp³-hybridized carbons (Fsp3) is 0.190. The van der Waals surface area contributed by atoms with Gasteiger partial charge in [-0.05, 0) is 25.1 Å². The molecule has 32 heavy (non-hydrogen) atoms. The van der Waals surface area contributed by atoms with E-state index >= 15 is 0 Å². The largest absolute Gasteiger partial charge is 0.462 e. The highest BCUT2D eigenvalue weighted by Crippen LogP contribution is 2.40. The van der Waals surface area contributed by atoms with E-state index in [2.05, 4.69) is 4.98 Å². The Balaban J connectivity index is 2.33. The highest BCUT2D eigenvalue weighted by atomic mass is 35.5. The van der Waals surface area contributed by atoms with Gasteiger partial charge >= 0.3 is 11.9 Å². The Morgan fingerprint density at radius 3 is 2.44 bits per heavy atom. The third-order valence-corrected chi connectivity index (χ3v) is 5.36. The van der Waals surface area contributed by atoms with E-state index in [1.54, 1.807) is 18.2 Å². The van der Waals surface area contributed by atoms with Gasteiger partial charge in [-0.1, -0.05) is 30.0 Å². The van der Waals surface area contributed by atoms with Crippen molar-refractivity contribution in [1.29, 1.82) is 0 Å². The smallest absolute Gasteiger partial charge is 0.344 e. The van der Waals surface area contributed by atoms with Crippen LogP contribution in [-0.2, 0) is 4.74 Å². The first-order chi connectivity index (χ1) is 15.3. The van der Waals surface area contributed by atoms with E-state index in [4.69, 9.17) is 21.1 Å². The molecule has 0 N–H and O–H groups in total. The number of benzene rings is 2. The predicted molar refractivity (Wildman–Crippen MR) is 110 cm³/mol. The first kappa shape index (κ1) is 23.8. The van der Waals surface area contributed by atoms with Gasteiger partial charge in [0.05, 0.1) is 17.6 Å². The number of fused-ring (bicyclic) bond motifs is 1. The molecule has 0 aliphatic heterocycles. The molecule has 0 amide bonds. The number of hydrogen-bond acceptors (Lipinski definition) is 6. The van der Waals surface area contributed by atoms with E-state index in [1.165, 1.54) is 19.1 Å². The van der Waals surface area contributed by atoms with Crippen LogP contribution in [0.1, 0.15) is 27.6 Å². The third-order valence-electron chi connectivity index (χ3n) is 4.08. The minimum atomic E-state index is -1.82. The van der Waals surface area contributed by atoms with Gasteiger partial charge in [-0.2, -0.15) is 0 Å². The molecule has 1 atom stereocenters. The summed E-state index contributed by atoms with van der Waals surface area (Å²) in [6.45, 7) is 0.329. The van der Waals surface area contributed by atoms with Crippen LogP contribution in [0.25, 0.3) is 10.9 Å². The molecule has 1 aromatic heterocycles. The van der Waals surface area contributed by atoms with E-state index in [-0.39, 0.29) is 17.2 Å². The maximum atomic E-state index is 14.5. The van der Waals surface area contributed by atoms with Crippen LogP contribution in [0.4, 0.5) is 17.6 Å². The normalized spacial score (nSPS) is 11.9. The second kappa shape index (κ2) is 10.2. The topological polar surface area (TPSA) is 65.5 Å². The van der Waals surface area contributed by atoms with Crippen LogP contribution >= 0.6 is 23.4 Å². The summed E-state index contributed by atoms with van der Waals surface area (Å²) in [7, 11) is 0. The molecule has 0 aliphatic carbocycles. The van der Waals surface area contributed by atoms with E-state index < -0.39 is 63.0 Å². The molecule has 0 spiro atoms. The maximum Gasteiger partial charge on any atom is 0.344 e. The second-order valence-electron chi connectivity index (χ2n) is 6.16. The number of nitrogens with zero attached hydrogens (tertiary/aromatic N) is 1. The van der Waals surface area contributed by atoms with Crippen LogP contribution in [0.5, 0.6) is 5.75 Å². The van der Waals surface area contributed by atoms with E-state index in [1.807, 2.05) is 0 Å². The highest BCUT2D eigenvalue weighted by molar-refractivity contribution is 8.01. The summed E-state index contributed by atoms with van der Waals surface area (Å²) in [5.41, 5.74) is -1.18. The zero-order valence-corrected chi connectivity index (χ0v) is 17.9. The SMILES string of the molecule is CCOC(=O)c1c(SC(Cl)CF)nc2c(F)c(F)c(F)cc2c1OC(=O)c1ccccc1. The fourth-order valence-electron chi connectivity index (χ4n) is 2.71. The van der Waals surface area contributed by atoms with Crippen LogP contribution in [0.3, 0.4) is 0 Å². The fourth-order valence-corrected chi connectivity index (χ4v) is 3.71. The molecule has 0 saturated heterocycles. The Kier molecular flexibility index (Phi) is 7.57. The monoisotopic (exact) mass is 487 g/mol. The van der Waals surface area contributed by atoms with Gasteiger partial charge in [0.15, 0.2) is 23.2 Å². The number of carbonyl (C=O) groups is 2. The van der Waals surface area contributed by atoms with Crippen molar-refractivity contribution in [3.8, 4) is 5.75 Å². The molecular formula is C21H14ClF4NO4S. The summed E-state index contributed by atoms with van der Waals surface area (Å²) < 4.78 is 64.5. The number of aromatic nitrogens is 1. The van der Waals surface area contributed by atoms with E-state index in [0.29, 0.717) is 17.8 Å². The average Bonchev–Trinajstić information content (AvgIpc) is 2.79. The number of halogens is 5. The van der Waals surface area contributed by atoms with Crippen LogP contribution in [0, 0.1) is 17.5 Å². The molecule has 1 heterocycles. The van der Waals surface area contributed by atoms with Crippen molar-refractivity contribution in [2.45, 2.75) is 16.7 Å². The van der Waals surface area contributed by atoms with Gasteiger partial charge in [0, 0.05) is 0 Å². The van der Waals surface area contributed by atoms with Crippen LogP contribution in [-0.4, -0.2) is 34.9 Å². The number of alkyl halides is 2. The summed E-state index contributed by atoms with van der Waals surface area (Å²) in [5.74, 6) is -7.75. The molecule has 11 heteroatoms. The van der Waals surface area contributed by atoms with Crippen molar-refractivity contribution in [3.05, 3.63) is 65.0 Å². The number of esters is 2. The van der Waals surface area contributed by atoms with Gasteiger partial charge in [0.1, 0.15) is 27.5 Å². The Bertz CT molecular complexity index is 1180. The van der Waals surface area contributed by atoms with Crippen molar-refractivity contribution in [2.24, 2.45) is 0 Å². The standard InChI is InChI=1S/C21H14ClF4NO4S/c1-2-30-21(29)14-18(31-20(28)10-6-4-3-5-7-10)11-8-12(24)15(25)16(26)17(11)27-19(14)32-13(22)9-23/h3-8,13H,2,9H2,1H3. The summed E-state index contributed by atoms with van der Waals surface area (Å²) in [6.07, 6.45) is 0. The zero-order valence-electron chi connectivity index (χ0n) is 16.3. The van der Waals surface area contributed by atoms with Crippen LogP contribution in [0.15, 0.2) is 41.4 Å². The molecule has 0 aliphatic rings. The summed E-state index contributed by atoms with van der Waals surface area (Å²) in [5, 5.41) is -0.876. The molecule has 2 aromatic carbocycles. The van der Waals surface area contributed by atoms with Gasteiger partial charge in [-0.3, -0.25) is 0 Å². The van der Waals surface area contributed by atoms with Gasteiger partial charge in [-0.25, -0.2) is 32.1 Å². The first-order valence-corrected chi connectivity index (χ1v) is 10.4. The summed E-state index contributed by atoms with van der Waals surface area (Å²) >= 11 is 6.31. The summed E-state index contributed by atoms with van der Waals surface area (Å²) in [6, 6.07) is 8.08. The van der Waals surface area contributed by atoms with Crippen LogP contribution < -0.4 is 4.74 Å². The highest BCUT2D eigenvalue weighted by Gasteiger charge is 2.30. The number of thioether (sulfide) groups is 1. The summed E-state index contributed by atoms with van der Waals surface area (Å²) in [4.78, 5) is 29.2. The molecule has 0 saturated carbocycles. The number of carbonyl (C=O) groups excluding carboxylic acids is 2. The van der Waals surface area contributed by atoms with Gasteiger partial charge in [-0.15, -0.1) is 11.6 Å². The molecule has 0 fully saturated rings. The molecule has 0 radical (unpaired) electrons. The Labute approximate surface area is 188 Å². The number of hydrogen-bond donors (Lipinski definition) is 0. The molecule has 3 aromatic rings. The quantitative estimate of drug-likeness (QED) is 0.140. The van der Waals surface area contributed by atoms with Crippen molar-refractivity contribution in [2.75, 3.05) is 13.3 Å². The van der Waals surface area contributed by atoms with Gasteiger partial charge < -0.3 is 9.47 Å². The zero-order chi connectivity index (χ0) is 23.4. The number of rotatable bonds is 7. The van der Waals surface area contributed by atoms with Crippen molar-refractivity contribution in [1.82, 2.24) is 4.98 Å². The predicted octanol–water partition coefficient (Wildman–Crippen LogP) is 5.67. The molecule has 3 rings (SSSR count). The average molecular weight is 488 g/mol. The van der Waals surface area contributed by atoms with E-state index in [9.17, 15) is 27.2 Å². The minimum Gasteiger partial charge on any atom is -0.462 e. The number of pyridine rings is 1. The first-order valence-electron chi connectivity index (χ1n) is 9.10. The molecule has 1 unspecified atom stereocenters.